The molecule has 1 aromatic carbocycles. The minimum Gasteiger partial charge on any atom is -0.398 e. The van der Waals surface area contributed by atoms with Crippen LogP contribution in [0.3, 0.4) is 0 Å². The minimum atomic E-state index is 0.0879. The molecule has 0 radical (unpaired) electrons. The number of hydrogen-bond acceptors (Lipinski definition) is 3. The van der Waals surface area contributed by atoms with E-state index < -0.39 is 0 Å². The van der Waals surface area contributed by atoms with Crippen LogP contribution in [0.5, 0.6) is 0 Å². The van der Waals surface area contributed by atoms with Gasteiger partial charge in [0.2, 0.25) is 0 Å². The van der Waals surface area contributed by atoms with E-state index >= 15 is 0 Å². The van der Waals surface area contributed by atoms with Gasteiger partial charge < -0.3 is 10.8 Å². The summed E-state index contributed by atoms with van der Waals surface area (Å²) in [5.74, 6) is 0. The molecule has 0 aliphatic heterocycles. The second kappa shape index (κ2) is 3.31. The number of fused-ring (bicyclic) bond motifs is 1. The number of anilines is 1. The number of benzene rings is 1. The average Bonchev–Trinajstić information content (AvgIpc) is 2.51. The molecule has 74 valence electrons. The van der Waals surface area contributed by atoms with Crippen molar-refractivity contribution in [3.8, 4) is 0 Å². The SMILES string of the molecule is Cc1cc2cnn(CCO)c2cc1N. The van der Waals surface area contributed by atoms with Crippen LogP contribution in [0.4, 0.5) is 5.69 Å². The fourth-order valence-corrected chi connectivity index (χ4v) is 1.53. The zero-order valence-electron chi connectivity index (χ0n) is 8.07. The number of nitrogens with two attached hydrogens (primary N) is 1. The molecule has 0 bridgehead atoms. The predicted molar refractivity (Wildman–Crippen MR) is 56.0 cm³/mol. The van der Waals surface area contributed by atoms with E-state index in [9.17, 15) is 0 Å². The Morgan fingerprint density at radius 2 is 2.29 bits per heavy atom. The Balaban J connectivity index is 2.61. The molecule has 0 unspecified atom stereocenters. The Kier molecular flexibility index (Phi) is 2.13. The fraction of sp³-hybridized carbons (Fsp3) is 0.300. The highest BCUT2D eigenvalue weighted by Gasteiger charge is 2.04. The van der Waals surface area contributed by atoms with Crippen LogP contribution in [0.2, 0.25) is 0 Å². The van der Waals surface area contributed by atoms with Gasteiger partial charge in [0.05, 0.1) is 24.9 Å². The molecule has 1 heterocycles. The van der Waals surface area contributed by atoms with Gasteiger partial charge in [0.25, 0.3) is 0 Å². The smallest absolute Gasteiger partial charge is 0.0704 e. The first kappa shape index (κ1) is 9.02. The molecule has 0 fully saturated rings. The van der Waals surface area contributed by atoms with Gasteiger partial charge in [0.15, 0.2) is 0 Å². The lowest BCUT2D eigenvalue weighted by atomic mass is 10.1. The van der Waals surface area contributed by atoms with Crippen LogP contribution < -0.4 is 5.73 Å². The zero-order valence-corrected chi connectivity index (χ0v) is 8.07. The van der Waals surface area contributed by atoms with E-state index in [1.807, 2.05) is 19.1 Å². The maximum absolute atomic E-state index is 8.83. The standard InChI is InChI=1S/C10H13N3O/c1-7-4-8-6-12-13(2-3-14)10(8)5-9(7)11/h4-6,14H,2-3,11H2,1H3. The molecule has 0 atom stereocenters. The second-order valence-corrected chi connectivity index (χ2v) is 3.36. The van der Waals surface area contributed by atoms with Crippen molar-refractivity contribution in [3.63, 3.8) is 0 Å². The lowest BCUT2D eigenvalue weighted by Crippen LogP contribution is -2.03. The van der Waals surface area contributed by atoms with Crippen molar-refractivity contribution in [1.82, 2.24) is 9.78 Å². The minimum absolute atomic E-state index is 0.0879. The van der Waals surface area contributed by atoms with Crippen molar-refractivity contribution in [2.45, 2.75) is 13.5 Å². The number of nitrogen functional groups attached to an aromatic ring is 1. The van der Waals surface area contributed by atoms with Gasteiger partial charge in [-0.2, -0.15) is 5.10 Å². The van der Waals surface area contributed by atoms with E-state index in [4.69, 9.17) is 10.8 Å². The van der Waals surface area contributed by atoms with Gasteiger partial charge in [0, 0.05) is 11.1 Å². The molecule has 2 rings (SSSR count). The topological polar surface area (TPSA) is 64.1 Å². The van der Waals surface area contributed by atoms with Gasteiger partial charge in [-0.1, -0.05) is 0 Å². The lowest BCUT2D eigenvalue weighted by Gasteiger charge is -2.03. The molecule has 0 spiro atoms. The molecule has 1 aromatic heterocycles. The Bertz CT molecular complexity index is 462. The normalized spacial score (nSPS) is 11.0. The van der Waals surface area contributed by atoms with Crippen LogP contribution in [-0.2, 0) is 6.54 Å². The van der Waals surface area contributed by atoms with Crippen molar-refractivity contribution in [2.24, 2.45) is 0 Å². The number of hydrogen-bond donors (Lipinski definition) is 2. The Hall–Kier alpha value is -1.55. The molecule has 3 N–H and O–H groups in total. The first-order valence-electron chi connectivity index (χ1n) is 4.55. The fourth-order valence-electron chi connectivity index (χ4n) is 1.53. The summed E-state index contributed by atoms with van der Waals surface area (Å²) >= 11 is 0. The Labute approximate surface area is 81.9 Å². The highest BCUT2D eigenvalue weighted by Crippen LogP contribution is 2.20. The van der Waals surface area contributed by atoms with Crippen molar-refractivity contribution in [3.05, 3.63) is 23.9 Å². The van der Waals surface area contributed by atoms with Gasteiger partial charge in [-0.3, -0.25) is 4.68 Å². The first-order chi connectivity index (χ1) is 6.72. The predicted octanol–water partition coefficient (Wildman–Crippen LogP) is 0.919. The molecule has 0 saturated carbocycles. The number of aromatic nitrogens is 2. The molecule has 0 amide bonds. The molecule has 2 aromatic rings. The largest absolute Gasteiger partial charge is 0.398 e. The third kappa shape index (κ3) is 1.33. The van der Waals surface area contributed by atoms with Crippen LogP contribution in [0.15, 0.2) is 18.3 Å². The number of aliphatic hydroxyl groups is 1. The Morgan fingerprint density at radius 3 is 3.00 bits per heavy atom. The summed E-state index contributed by atoms with van der Waals surface area (Å²) in [6.07, 6.45) is 1.79. The quantitative estimate of drug-likeness (QED) is 0.694. The number of aryl methyl sites for hydroxylation is 1. The Morgan fingerprint density at radius 1 is 1.50 bits per heavy atom. The lowest BCUT2D eigenvalue weighted by molar-refractivity contribution is 0.271. The summed E-state index contributed by atoms with van der Waals surface area (Å²) in [5, 5.41) is 14.1. The molecule has 0 saturated heterocycles. The summed E-state index contributed by atoms with van der Waals surface area (Å²) < 4.78 is 1.76. The van der Waals surface area contributed by atoms with E-state index in [2.05, 4.69) is 5.10 Å². The van der Waals surface area contributed by atoms with Crippen LogP contribution in [0, 0.1) is 6.92 Å². The van der Waals surface area contributed by atoms with Crippen LogP contribution in [-0.4, -0.2) is 21.5 Å². The van der Waals surface area contributed by atoms with Gasteiger partial charge in [-0.15, -0.1) is 0 Å². The van der Waals surface area contributed by atoms with E-state index in [0.717, 1.165) is 22.2 Å². The van der Waals surface area contributed by atoms with Crippen LogP contribution in [0.1, 0.15) is 5.56 Å². The monoisotopic (exact) mass is 191 g/mol. The first-order valence-corrected chi connectivity index (χ1v) is 4.55. The van der Waals surface area contributed by atoms with Crippen molar-refractivity contribution in [1.29, 1.82) is 0 Å². The van der Waals surface area contributed by atoms with Crippen LogP contribution >= 0.6 is 0 Å². The second-order valence-electron chi connectivity index (χ2n) is 3.36. The molecule has 0 aliphatic rings. The maximum atomic E-state index is 8.83. The third-order valence-electron chi connectivity index (χ3n) is 2.34. The number of rotatable bonds is 2. The molecular weight excluding hydrogens is 178 g/mol. The van der Waals surface area contributed by atoms with Crippen molar-refractivity contribution >= 4 is 16.6 Å². The van der Waals surface area contributed by atoms with Gasteiger partial charge >= 0.3 is 0 Å². The number of aliphatic hydroxyl groups excluding tert-OH is 1. The van der Waals surface area contributed by atoms with Gasteiger partial charge in [0.1, 0.15) is 0 Å². The van der Waals surface area contributed by atoms with E-state index in [0.29, 0.717) is 6.54 Å². The summed E-state index contributed by atoms with van der Waals surface area (Å²) in [4.78, 5) is 0. The summed E-state index contributed by atoms with van der Waals surface area (Å²) in [6, 6.07) is 3.90. The highest BCUT2D eigenvalue weighted by molar-refractivity contribution is 5.83. The van der Waals surface area contributed by atoms with E-state index in [-0.39, 0.29) is 6.61 Å². The highest BCUT2D eigenvalue weighted by atomic mass is 16.3. The summed E-state index contributed by atoms with van der Waals surface area (Å²) in [5.41, 5.74) is 8.60. The molecule has 14 heavy (non-hydrogen) atoms. The van der Waals surface area contributed by atoms with Gasteiger partial charge in [-0.25, -0.2) is 0 Å². The third-order valence-corrected chi connectivity index (χ3v) is 2.34. The van der Waals surface area contributed by atoms with E-state index in [1.165, 1.54) is 0 Å². The maximum Gasteiger partial charge on any atom is 0.0704 e. The van der Waals surface area contributed by atoms with Crippen molar-refractivity contribution < 1.29 is 5.11 Å². The zero-order chi connectivity index (χ0) is 10.1. The average molecular weight is 191 g/mol. The van der Waals surface area contributed by atoms with Crippen molar-refractivity contribution in [2.75, 3.05) is 12.3 Å². The summed E-state index contributed by atoms with van der Waals surface area (Å²) in [7, 11) is 0. The van der Waals surface area contributed by atoms with E-state index in [1.54, 1.807) is 10.9 Å². The molecule has 4 heteroatoms. The number of nitrogens with zero attached hydrogens (tertiary/aromatic N) is 2. The molecule has 0 aliphatic carbocycles. The van der Waals surface area contributed by atoms with Gasteiger partial charge in [-0.05, 0) is 24.6 Å². The molecule has 4 nitrogen and oxygen atoms in total. The molecular formula is C10H13N3O. The summed E-state index contributed by atoms with van der Waals surface area (Å²) in [6.45, 7) is 2.56. The van der Waals surface area contributed by atoms with Crippen LogP contribution in [0.25, 0.3) is 10.9 Å².